The van der Waals surface area contributed by atoms with Gasteiger partial charge in [-0.3, -0.25) is 9.59 Å². The van der Waals surface area contributed by atoms with Crippen LogP contribution in [0.5, 0.6) is 0 Å². The second-order valence-electron chi connectivity index (χ2n) is 7.46. The van der Waals surface area contributed by atoms with Gasteiger partial charge in [0.1, 0.15) is 6.54 Å². The van der Waals surface area contributed by atoms with Crippen molar-refractivity contribution >= 4 is 11.9 Å². The molecule has 0 fully saturated rings. The van der Waals surface area contributed by atoms with Crippen LogP contribution in [0.15, 0.2) is 84.9 Å². The van der Waals surface area contributed by atoms with Gasteiger partial charge in [-0.2, -0.15) is 0 Å². The Kier molecular flexibility index (Phi) is 5.91. The van der Waals surface area contributed by atoms with Gasteiger partial charge < -0.3 is 15.4 Å². The molecule has 5 heteroatoms. The number of rotatable bonds is 5. The minimum Gasteiger partial charge on any atom is -0.451 e. The van der Waals surface area contributed by atoms with Crippen LogP contribution in [-0.4, -0.2) is 29.4 Å². The smallest absolute Gasteiger partial charge is 0.326 e. The molecule has 0 aliphatic carbocycles. The summed E-state index contributed by atoms with van der Waals surface area (Å²) >= 11 is 0. The summed E-state index contributed by atoms with van der Waals surface area (Å²) in [5, 5.41) is 0. The highest BCUT2D eigenvalue weighted by Gasteiger charge is 2.29. The van der Waals surface area contributed by atoms with Crippen LogP contribution in [0.1, 0.15) is 28.4 Å². The average molecular weight is 400 g/mol. The molecule has 0 unspecified atom stereocenters. The van der Waals surface area contributed by atoms with Gasteiger partial charge in [-0.15, -0.1) is 0 Å². The second-order valence-corrected chi connectivity index (χ2v) is 7.46. The molecular weight excluding hydrogens is 376 g/mol. The summed E-state index contributed by atoms with van der Waals surface area (Å²) in [6.45, 7) is 0.205. The number of ether oxygens (including phenoxy) is 1. The maximum atomic E-state index is 12.9. The molecule has 3 aromatic rings. The molecule has 1 aliphatic heterocycles. The quantitative estimate of drug-likeness (QED) is 0.668. The zero-order valence-electron chi connectivity index (χ0n) is 16.6. The van der Waals surface area contributed by atoms with Gasteiger partial charge in [0.05, 0.1) is 6.04 Å². The first-order chi connectivity index (χ1) is 14.6. The molecule has 152 valence electrons. The molecule has 0 radical (unpaired) electrons. The predicted molar refractivity (Wildman–Crippen MR) is 114 cm³/mol. The summed E-state index contributed by atoms with van der Waals surface area (Å²) in [5.41, 5.74) is 9.90. The lowest BCUT2D eigenvalue weighted by atomic mass is 10.0. The van der Waals surface area contributed by atoms with Gasteiger partial charge in [0.2, 0.25) is 5.91 Å². The second kappa shape index (κ2) is 8.93. The molecule has 1 aliphatic rings. The molecule has 0 spiro atoms. The summed E-state index contributed by atoms with van der Waals surface area (Å²) in [4.78, 5) is 27.1. The van der Waals surface area contributed by atoms with Crippen LogP contribution in [0.25, 0.3) is 0 Å². The molecule has 0 aromatic heterocycles. The van der Waals surface area contributed by atoms with Crippen LogP contribution in [0.2, 0.25) is 0 Å². The number of fused-ring (bicyclic) bond motifs is 1. The Balaban J connectivity index is 1.54. The van der Waals surface area contributed by atoms with Crippen molar-refractivity contribution in [2.75, 3.05) is 6.54 Å². The molecule has 30 heavy (non-hydrogen) atoms. The van der Waals surface area contributed by atoms with Gasteiger partial charge in [0, 0.05) is 6.54 Å². The molecule has 1 atom stereocenters. The molecule has 0 saturated heterocycles. The Morgan fingerprint density at radius 1 is 0.900 bits per heavy atom. The first-order valence-electron chi connectivity index (χ1n) is 10.0. The van der Waals surface area contributed by atoms with E-state index in [1.807, 2.05) is 84.9 Å². The Bertz CT molecular complexity index is 981. The van der Waals surface area contributed by atoms with Crippen LogP contribution in [0, 0.1) is 0 Å². The summed E-state index contributed by atoms with van der Waals surface area (Å²) in [6, 6.07) is 26.3. The van der Waals surface area contributed by atoms with Gasteiger partial charge in [-0.25, -0.2) is 0 Å². The molecular formula is C25H24N2O3. The van der Waals surface area contributed by atoms with Crippen molar-refractivity contribution in [1.82, 2.24) is 4.90 Å². The van der Waals surface area contributed by atoms with E-state index in [0.717, 1.165) is 22.3 Å². The normalized spacial score (nSPS) is 16.1. The van der Waals surface area contributed by atoms with Crippen molar-refractivity contribution in [3.05, 3.63) is 107 Å². The van der Waals surface area contributed by atoms with Gasteiger partial charge in [0.15, 0.2) is 6.10 Å². The van der Waals surface area contributed by atoms with Crippen molar-refractivity contribution < 1.29 is 14.3 Å². The largest absolute Gasteiger partial charge is 0.451 e. The number of hydrogen-bond donors (Lipinski definition) is 1. The van der Waals surface area contributed by atoms with E-state index in [-0.39, 0.29) is 12.5 Å². The maximum absolute atomic E-state index is 12.9. The number of hydrogen-bond acceptors (Lipinski definition) is 4. The van der Waals surface area contributed by atoms with Crippen molar-refractivity contribution in [2.24, 2.45) is 5.73 Å². The van der Waals surface area contributed by atoms with Crippen molar-refractivity contribution in [3.63, 3.8) is 0 Å². The molecule has 0 saturated carbocycles. The van der Waals surface area contributed by atoms with E-state index >= 15 is 0 Å². The fourth-order valence-electron chi connectivity index (χ4n) is 3.80. The molecule has 1 amide bonds. The van der Waals surface area contributed by atoms with Crippen molar-refractivity contribution in [1.29, 1.82) is 0 Å². The van der Waals surface area contributed by atoms with Gasteiger partial charge in [0.25, 0.3) is 0 Å². The summed E-state index contributed by atoms with van der Waals surface area (Å²) < 4.78 is 5.86. The zero-order chi connectivity index (χ0) is 20.9. The number of esters is 1. The standard InChI is InChI=1S/C25H24N2O3/c26-22-15-20-13-7-8-14-21(20)16-27(25(22)29)17-23(28)30-24(18-9-3-1-4-10-18)19-11-5-2-6-12-19/h1-14,22,24H,15-17,26H2/t22-/m0/s1. The fourth-order valence-corrected chi connectivity index (χ4v) is 3.80. The van der Waals surface area contributed by atoms with E-state index in [1.165, 1.54) is 4.90 Å². The number of carbonyl (C=O) groups is 2. The molecule has 2 N–H and O–H groups in total. The van der Waals surface area contributed by atoms with E-state index in [4.69, 9.17) is 10.5 Å². The zero-order valence-corrected chi connectivity index (χ0v) is 16.6. The van der Waals surface area contributed by atoms with Crippen LogP contribution in [0.4, 0.5) is 0 Å². The Hall–Kier alpha value is -3.44. The van der Waals surface area contributed by atoms with Crippen LogP contribution in [0.3, 0.4) is 0 Å². The van der Waals surface area contributed by atoms with Crippen molar-refractivity contribution in [2.45, 2.75) is 25.1 Å². The summed E-state index contributed by atoms with van der Waals surface area (Å²) in [5.74, 6) is -0.702. The topological polar surface area (TPSA) is 72.6 Å². The molecule has 4 rings (SSSR count). The van der Waals surface area contributed by atoms with Gasteiger partial charge >= 0.3 is 5.97 Å². The highest BCUT2D eigenvalue weighted by Crippen LogP contribution is 2.26. The molecule has 5 nitrogen and oxygen atoms in total. The van der Waals surface area contributed by atoms with Crippen molar-refractivity contribution in [3.8, 4) is 0 Å². The monoisotopic (exact) mass is 400 g/mol. The summed E-state index contributed by atoms with van der Waals surface area (Å²) in [6.07, 6.45) is -0.0695. The highest BCUT2D eigenvalue weighted by molar-refractivity contribution is 5.86. The average Bonchev–Trinajstić information content (AvgIpc) is 2.90. The lowest BCUT2D eigenvalue weighted by molar-refractivity contribution is -0.153. The van der Waals surface area contributed by atoms with E-state index in [1.54, 1.807) is 0 Å². The van der Waals surface area contributed by atoms with Gasteiger partial charge in [-0.1, -0.05) is 84.9 Å². The first-order valence-corrected chi connectivity index (χ1v) is 10.0. The minimum absolute atomic E-state index is 0.142. The number of amides is 1. The third-order valence-electron chi connectivity index (χ3n) is 5.32. The Morgan fingerprint density at radius 2 is 1.43 bits per heavy atom. The highest BCUT2D eigenvalue weighted by atomic mass is 16.5. The van der Waals surface area contributed by atoms with E-state index < -0.39 is 18.1 Å². The molecule has 3 aromatic carbocycles. The Labute approximate surface area is 176 Å². The maximum Gasteiger partial charge on any atom is 0.326 e. The summed E-state index contributed by atoms with van der Waals surface area (Å²) in [7, 11) is 0. The predicted octanol–water partition coefficient (Wildman–Crippen LogP) is 3.23. The minimum atomic E-state index is -0.666. The van der Waals surface area contributed by atoms with E-state index in [9.17, 15) is 9.59 Å². The lowest BCUT2D eigenvalue weighted by Crippen LogP contribution is -2.45. The molecule has 1 heterocycles. The van der Waals surface area contributed by atoms with E-state index in [2.05, 4.69) is 0 Å². The van der Waals surface area contributed by atoms with Crippen LogP contribution >= 0.6 is 0 Å². The van der Waals surface area contributed by atoms with Gasteiger partial charge in [-0.05, 0) is 28.7 Å². The number of benzene rings is 3. The van der Waals surface area contributed by atoms with Crippen LogP contribution in [-0.2, 0) is 27.3 Å². The third kappa shape index (κ3) is 4.42. The van der Waals surface area contributed by atoms with Crippen LogP contribution < -0.4 is 5.73 Å². The SMILES string of the molecule is N[C@H]1Cc2ccccc2CN(CC(=O)OC(c2ccccc2)c2ccccc2)C1=O. The number of nitrogens with two attached hydrogens (primary N) is 1. The molecule has 0 bridgehead atoms. The first kappa shape index (κ1) is 19.9. The lowest BCUT2D eigenvalue weighted by Gasteiger charge is -2.24. The Morgan fingerprint density at radius 3 is 2.03 bits per heavy atom. The third-order valence-corrected chi connectivity index (χ3v) is 5.32. The number of carbonyl (C=O) groups excluding carboxylic acids is 2. The fraction of sp³-hybridized carbons (Fsp3) is 0.200. The number of nitrogens with zero attached hydrogens (tertiary/aromatic N) is 1. The van der Waals surface area contributed by atoms with E-state index in [0.29, 0.717) is 13.0 Å².